The number of nitrogens with one attached hydrogen (secondary N) is 1. The fourth-order valence-corrected chi connectivity index (χ4v) is 1.97. The number of ether oxygens (including phenoxy) is 2. The summed E-state index contributed by atoms with van der Waals surface area (Å²) < 4.78 is 10.3. The summed E-state index contributed by atoms with van der Waals surface area (Å²) in [6.45, 7) is 6.04. The average molecular weight is 315 g/mol. The minimum absolute atomic E-state index is 0.106. The highest BCUT2D eigenvalue weighted by Gasteiger charge is 2.18. The van der Waals surface area contributed by atoms with E-state index in [9.17, 15) is 14.4 Å². The largest absolute Gasteiger partial charge is 0.466 e. The third-order valence-electron chi connectivity index (χ3n) is 3.06. The molecule has 6 heteroatoms. The van der Waals surface area contributed by atoms with Crippen LogP contribution in [0.5, 0.6) is 0 Å². The van der Waals surface area contributed by atoms with E-state index in [1.807, 2.05) is 0 Å². The van der Waals surface area contributed by atoms with Gasteiger partial charge in [-0.3, -0.25) is 14.4 Å². The molecule has 0 aliphatic rings. The van der Waals surface area contributed by atoms with Gasteiger partial charge < -0.3 is 14.8 Å². The van der Waals surface area contributed by atoms with Gasteiger partial charge in [0.1, 0.15) is 6.10 Å². The number of amides is 1. The fourth-order valence-electron chi connectivity index (χ4n) is 1.97. The van der Waals surface area contributed by atoms with Crippen LogP contribution in [0.25, 0.3) is 0 Å². The number of carbonyl (C=O) groups excluding carboxylic acids is 3. The van der Waals surface area contributed by atoms with E-state index in [4.69, 9.17) is 9.47 Å². The Kier molecular flexibility index (Phi) is 12.2. The summed E-state index contributed by atoms with van der Waals surface area (Å²) in [7, 11) is 0. The van der Waals surface area contributed by atoms with Gasteiger partial charge in [-0.1, -0.05) is 19.8 Å². The molecule has 0 aromatic carbocycles. The van der Waals surface area contributed by atoms with E-state index >= 15 is 0 Å². The Labute approximate surface area is 132 Å². The molecule has 0 saturated heterocycles. The first kappa shape index (κ1) is 20.4. The van der Waals surface area contributed by atoms with E-state index in [0.717, 1.165) is 19.3 Å². The lowest BCUT2D eigenvalue weighted by molar-refractivity contribution is -0.155. The third kappa shape index (κ3) is 12.2. The van der Waals surface area contributed by atoms with Crippen LogP contribution in [-0.2, 0) is 23.9 Å². The Morgan fingerprint density at radius 3 is 2.36 bits per heavy atom. The fraction of sp³-hybridized carbons (Fsp3) is 0.812. The normalized spacial score (nSPS) is 11.6. The second-order valence-corrected chi connectivity index (χ2v) is 5.20. The van der Waals surface area contributed by atoms with Crippen molar-refractivity contribution in [1.82, 2.24) is 5.32 Å². The highest BCUT2D eigenvalue weighted by molar-refractivity contribution is 5.73. The second kappa shape index (κ2) is 13.1. The summed E-state index contributed by atoms with van der Waals surface area (Å²) >= 11 is 0. The number of hydrogen-bond acceptors (Lipinski definition) is 5. The van der Waals surface area contributed by atoms with Crippen molar-refractivity contribution >= 4 is 17.8 Å². The molecular weight excluding hydrogens is 286 g/mol. The molecule has 128 valence electrons. The lowest BCUT2D eigenvalue weighted by atomic mass is 10.1. The highest BCUT2D eigenvalue weighted by Crippen LogP contribution is 2.12. The summed E-state index contributed by atoms with van der Waals surface area (Å²) in [5.74, 6) is -0.792. The quantitative estimate of drug-likeness (QED) is 0.441. The number of rotatable bonds is 12. The van der Waals surface area contributed by atoms with E-state index in [2.05, 4.69) is 12.2 Å². The van der Waals surface area contributed by atoms with E-state index in [1.165, 1.54) is 6.92 Å². The molecule has 0 fully saturated rings. The molecule has 0 aromatic rings. The molecule has 0 bridgehead atoms. The molecule has 0 aliphatic heterocycles. The van der Waals surface area contributed by atoms with Gasteiger partial charge in [-0.2, -0.15) is 0 Å². The summed E-state index contributed by atoms with van der Waals surface area (Å²) in [5.41, 5.74) is 0. The Bertz CT molecular complexity index is 343. The van der Waals surface area contributed by atoms with Crippen LogP contribution < -0.4 is 5.32 Å². The zero-order chi connectivity index (χ0) is 16.8. The lowest BCUT2D eigenvalue weighted by Crippen LogP contribution is -2.25. The average Bonchev–Trinajstić information content (AvgIpc) is 2.43. The molecule has 1 N–H and O–H groups in total. The van der Waals surface area contributed by atoms with Gasteiger partial charge in [0.25, 0.3) is 0 Å². The standard InChI is InChI=1S/C16H29NO5/c1-4-6-7-9-14(12-16(20)21-5-2)22-15(19)10-8-11-17-13(3)18/h14H,4-12H2,1-3H3,(H,17,18). The Hall–Kier alpha value is -1.59. The van der Waals surface area contributed by atoms with Gasteiger partial charge >= 0.3 is 11.9 Å². The van der Waals surface area contributed by atoms with E-state index < -0.39 is 6.10 Å². The number of hydrogen-bond donors (Lipinski definition) is 1. The van der Waals surface area contributed by atoms with Gasteiger partial charge in [0, 0.05) is 19.9 Å². The van der Waals surface area contributed by atoms with Gasteiger partial charge in [-0.25, -0.2) is 0 Å². The first-order chi connectivity index (χ1) is 10.5. The van der Waals surface area contributed by atoms with Crippen LogP contribution in [0.4, 0.5) is 0 Å². The van der Waals surface area contributed by atoms with Crippen molar-refractivity contribution in [2.45, 2.75) is 71.8 Å². The SMILES string of the molecule is CCCCCC(CC(=O)OCC)OC(=O)CCCNC(C)=O. The van der Waals surface area contributed by atoms with Gasteiger partial charge in [0.05, 0.1) is 13.0 Å². The third-order valence-corrected chi connectivity index (χ3v) is 3.06. The number of esters is 2. The molecule has 1 amide bonds. The predicted octanol–water partition coefficient (Wildman–Crippen LogP) is 2.35. The molecule has 0 rings (SSSR count). The maximum atomic E-state index is 11.8. The molecular formula is C16H29NO5. The van der Waals surface area contributed by atoms with Crippen LogP contribution in [0.3, 0.4) is 0 Å². The van der Waals surface area contributed by atoms with Crippen molar-refractivity contribution < 1.29 is 23.9 Å². The first-order valence-electron chi connectivity index (χ1n) is 8.09. The van der Waals surface area contributed by atoms with Crippen molar-refractivity contribution in [3.8, 4) is 0 Å². The van der Waals surface area contributed by atoms with Crippen LogP contribution >= 0.6 is 0 Å². The molecule has 0 aliphatic carbocycles. The zero-order valence-corrected chi connectivity index (χ0v) is 14.0. The second-order valence-electron chi connectivity index (χ2n) is 5.20. The lowest BCUT2D eigenvalue weighted by Gasteiger charge is -2.17. The molecule has 22 heavy (non-hydrogen) atoms. The number of unbranched alkanes of at least 4 members (excludes halogenated alkanes) is 2. The molecule has 0 radical (unpaired) electrons. The molecule has 1 unspecified atom stereocenters. The monoisotopic (exact) mass is 315 g/mol. The minimum atomic E-state index is -0.418. The van der Waals surface area contributed by atoms with E-state index in [-0.39, 0.29) is 30.7 Å². The Balaban J connectivity index is 4.14. The van der Waals surface area contributed by atoms with Crippen molar-refractivity contribution in [3.05, 3.63) is 0 Å². The smallest absolute Gasteiger partial charge is 0.309 e. The molecule has 0 heterocycles. The topological polar surface area (TPSA) is 81.7 Å². The summed E-state index contributed by atoms with van der Waals surface area (Å²) in [6.07, 6.45) is 4.14. The Morgan fingerprint density at radius 1 is 1.05 bits per heavy atom. The van der Waals surface area contributed by atoms with Crippen LogP contribution in [0.1, 0.15) is 65.7 Å². The van der Waals surface area contributed by atoms with Crippen molar-refractivity contribution in [3.63, 3.8) is 0 Å². The van der Waals surface area contributed by atoms with Crippen LogP contribution in [0.2, 0.25) is 0 Å². The van der Waals surface area contributed by atoms with Gasteiger partial charge in [0.2, 0.25) is 5.91 Å². The molecule has 0 aromatic heterocycles. The predicted molar refractivity (Wildman–Crippen MR) is 83.2 cm³/mol. The Morgan fingerprint density at radius 2 is 1.77 bits per heavy atom. The molecule has 0 saturated carbocycles. The first-order valence-corrected chi connectivity index (χ1v) is 8.09. The summed E-state index contributed by atoms with van der Waals surface area (Å²) in [4.78, 5) is 34.0. The van der Waals surface area contributed by atoms with Crippen LogP contribution in [0, 0.1) is 0 Å². The zero-order valence-electron chi connectivity index (χ0n) is 14.0. The molecule has 0 spiro atoms. The van der Waals surface area contributed by atoms with Crippen molar-refractivity contribution in [2.24, 2.45) is 0 Å². The van der Waals surface area contributed by atoms with E-state index in [0.29, 0.717) is 26.0 Å². The van der Waals surface area contributed by atoms with Gasteiger partial charge in [0.15, 0.2) is 0 Å². The summed E-state index contributed by atoms with van der Waals surface area (Å²) in [5, 5.41) is 2.62. The van der Waals surface area contributed by atoms with Crippen molar-refractivity contribution in [2.75, 3.05) is 13.2 Å². The van der Waals surface area contributed by atoms with E-state index in [1.54, 1.807) is 6.92 Å². The van der Waals surface area contributed by atoms with Gasteiger partial charge in [-0.05, 0) is 26.2 Å². The maximum absolute atomic E-state index is 11.8. The number of carbonyl (C=O) groups is 3. The highest BCUT2D eigenvalue weighted by atomic mass is 16.6. The summed E-state index contributed by atoms with van der Waals surface area (Å²) in [6, 6.07) is 0. The van der Waals surface area contributed by atoms with Gasteiger partial charge in [-0.15, -0.1) is 0 Å². The van der Waals surface area contributed by atoms with Crippen molar-refractivity contribution in [1.29, 1.82) is 0 Å². The molecule has 1 atom stereocenters. The molecule has 6 nitrogen and oxygen atoms in total. The van der Waals surface area contributed by atoms with Crippen LogP contribution in [0.15, 0.2) is 0 Å². The van der Waals surface area contributed by atoms with Crippen LogP contribution in [-0.4, -0.2) is 37.1 Å². The maximum Gasteiger partial charge on any atom is 0.309 e. The minimum Gasteiger partial charge on any atom is -0.466 e.